The minimum atomic E-state index is -0.0376. The lowest BCUT2D eigenvalue weighted by Crippen LogP contribution is -2.53. The molecule has 2 aliphatic rings. The van der Waals surface area contributed by atoms with E-state index in [-0.39, 0.29) is 5.38 Å². The normalized spacial score (nSPS) is 22.0. The molecule has 35 heavy (non-hydrogen) atoms. The molecule has 3 aromatic rings. The molecule has 3 N–H and O–H groups in total. The second kappa shape index (κ2) is 10.7. The van der Waals surface area contributed by atoms with Gasteiger partial charge in [-0.25, -0.2) is 9.97 Å². The van der Waals surface area contributed by atoms with Gasteiger partial charge in [0.25, 0.3) is 0 Å². The van der Waals surface area contributed by atoms with E-state index in [1.165, 1.54) is 5.56 Å². The predicted molar refractivity (Wildman–Crippen MR) is 146 cm³/mol. The molecule has 0 amide bonds. The van der Waals surface area contributed by atoms with Gasteiger partial charge < -0.3 is 16.0 Å². The van der Waals surface area contributed by atoms with E-state index < -0.39 is 0 Å². The zero-order valence-corrected chi connectivity index (χ0v) is 21.7. The van der Waals surface area contributed by atoms with Gasteiger partial charge >= 0.3 is 0 Å². The summed E-state index contributed by atoms with van der Waals surface area (Å²) in [6, 6.07) is 15.8. The monoisotopic (exact) mass is 510 g/mol. The van der Waals surface area contributed by atoms with Gasteiger partial charge in [-0.2, -0.15) is 0 Å². The number of hydrogen-bond acceptors (Lipinski definition) is 6. The lowest BCUT2D eigenvalue weighted by atomic mass is 10.1. The summed E-state index contributed by atoms with van der Waals surface area (Å²) in [5.41, 5.74) is 6.52. The maximum Gasteiger partial charge on any atom is 0.223 e. The average Bonchev–Trinajstić information content (AvgIpc) is 3.23. The van der Waals surface area contributed by atoms with Crippen LogP contribution in [0.15, 0.2) is 48.7 Å². The second-order valence-electron chi connectivity index (χ2n) is 9.62. The SMILES string of the molecule is C[C@H]1CN(Cc2cccc(-c3ccnc(NCCc4cc(Cl)c5c(c4)C(Cl)CN5)n3)c2)[C@@H](C)CN1. The first-order valence-corrected chi connectivity index (χ1v) is 13.1. The highest BCUT2D eigenvalue weighted by Crippen LogP contribution is 2.39. The summed E-state index contributed by atoms with van der Waals surface area (Å²) in [5.74, 6) is 0.626. The molecule has 2 aromatic carbocycles. The van der Waals surface area contributed by atoms with E-state index in [0.717, 1.165) is 59.1 Å². The number of halogens is 2. The van der Waals surface area contributed by atoms with E-state index in [1.807, 2.05) is 18.3 Å². The number of alkyl halides is 1. The van der Waals surface area contributed by atoms with Crippen molar-refractivity contribution in [3.63, 3.8) is 0 Å². The van der Waals surface area contributed by atoms with Crippen LogP contribution in [0.3, 0.4) is 0 Å². The zero-order chi connectivity index (χ0) is 24.4. The van der Waals surface area contributed by atoms with Gasteiger partial charge in [0.1, 0.15) is 0 Å². The van der Waals surface area contributed by atoms with E-state index in [1.54, 1.807) is 0 Å². The molecule has 8 heteroatoms. The van der Waals surface area contributed by atoms with Crippen LogP contribution in [0, 0.1) is 0 Å². The first-order valence-electron chi connectivity index (χ1n) is 12.3. The second-order valence-corrected chi connectivity index (χ2v) is 10.6. The fraction of sp³-hybridized carbons (Fsp3) is 0.407. The highest BCUT2D eigenvalue weighted by Gasteiger charge is 2.23. The summed E-state index contributed by atoms with van der Waals surface area (Å²) in [5, 5.41) is 10.9. The minimum absolute atomic E-state index is 0.0376. The fourth-order valence-electron chi connectivity index (χ4n) is 4.87. The van der Waals surface area contributed by atoms with Gasteiger partial charge in [-0.3, -0.25) is 4.90 Å². The molecule has 0 aliphatic carbocycles. The number of piperazine rings is 1. The Bertz CT molecular complexity index is 1190. The van der Waals surface area contributed by atoms with Crippen LogP contribution >= 0.6 is 23.2 Å². The predicted octanol–water partition coefficient (Wildman–Crippen LogP) is 5.34. The molecule has 0 radical (unpaired) electrons. The number of rotatable bonds is 7. The molecule has 2 aliphatic heterocycles. The molecule has 0 bridgehead atoms. The molecule has 6 nitrogen and oxygen atoms in total. The molecular formula is C27H32Cl2N6. The Morgan fingerprint density at radius 2 is 2.00 bits per heavy atom. The van der Waals surface area contributed by atoms with E-state index in [9.17, 15) is 0 Å². The van der Waals surface area contributed by atoms with Crippen molar-refractivity contribution in [3.05, 3.63) is 70.4 Å². The number of nitrogens with one attached hydrogen (secondary N) is 3. The van der Waals surface area contributed by atoms with E-state index in [2.05, 4.69) is 70.0 Å². The molecule has 3 atom stereocenters. The van der Waals surface area contributed by atoms with Gasteiger partial charge in [-0.15, -0.1) is 11.6 Å². The third-order valence-electron chi connectivity index (χ3n) is 6.83. The lowest BCUT2D eigenvalue weighted by molar-refractivity contribution is 0.139. The first-order chi connectivity index (χ1) is 17.0. The van der Waals surface area contributed by atoms with Crippen molar-refractivity contribution in [2.45, 2.75) is 44.3 Å². The highest BCUT2D eigenvalue weighted by atomic mass is 35.5. The number of anilines is 2. The number of fused-ring (bicyclic) bond motifs is 1. The molecule has 3 heterocycles. The Morgan fingerprint density at radius 1 is 1.11 bits per heavy atom. The molecule has 5 rings (SSSR count). The third-order valence-corrected chi connectivity index (χ3v) is 7.52. The molecule has 1 fully saturated rings. The topological polar surface area (TPSA) is 65.1 Å². The Labute approximate surface area is 217 Å². The first kappa shape index (κ1) is 24.3. The summed E-state index contributed by atoms with van der Waals surface area (Å²) in [7, 11) is 0. The maximum absolute atomic E-state index is 6.44. The van der Waals surface area contributed by atoms with Crippen LogP contribution in [0.2, 0.25) is 5.02 Å². The van der Waals surface area contributed by atoms with Crippen molar-refractivity contribution in [2.24, 2.45) is 0 Å². The number of nitrogens with zero attached hydrogens (tertiary/aromatic N) is 3. The number of aromatic nitrogens is 2. The summed E-state index contributed by atoms with van der Waals surface area (Å²) >= 11 is 12.9. The number of benzene rings is 2. The van der Waals surface area contributed by atoms with Crippen molar-refractivity contribution in [2.75, 3.05) is 36.8 Å². The van der Waals surface area contributed by atoms with Crippen LogP contribution in [0.5, 0.6) is 0 Å². The van der Waals surface area contributed by atoms with Crippen LogP contribution in [0.4, 0.5) is 11.6 Å². The quantitative estimate of drug-likeness (QED) is 0.373. The van der Waals surface area contributed by atoms with E-state index in [4.69, 9.17) is 28.2 Å². The summed E-state index contributed by atoms with van der Waals surface area (Å²) < 4.78 is 0. The van der Waals surface area contributed by atoms with Crippen LogP contribution < -0.4 is 16.0 Å². The van der Waals surface area contributed by atoms with E-state index in [0.29, 0.717) is 31.1 Å². The van der Waals surface area contributed by atoms with Crippen molar-refractivity contribution in [3.8, 4) is 11.3 Å². The summed E-state index contributed by atoms with van der Waals surface area (Å²) in [6.45, 7) is 8.99. The van der Waals surface area contributed by atoms with Crippen LogP contribution in [-0.2, 0) is 13.0 Å². The van der Waals surface area contributed by atoms with Crippen molar-refractivity contribution in [1.29, 1.82) is 0 Å². The highest BCUT2D eigenvalue weighted by molar-refractivity contribution is 6.34. The smallest absolute Gasteiger partial charge is 0.223 e. The largest absolute Gasteiger partial charge is 0.382 e. The lowest BCUT2D eigenvalue weighted by Gasteiger charge is -2.37. The van der Waals surface area contributed by atoms with Crippen LogP contribution in [-0.4, -0.2) is 53.1 Å². The van der Waals surface area contributed by atoms with Gasteiger partial charge in [0, 0.05) is 56.6 Å². The average molecular weight is 512 g/mol. The van der Waals surface area contributed by atoms with Gasteiger partial charge in [-0.05, 0) is 55.2 Å². The molecular weight excluding hydrogens is 479 g/mol. The Hall–Kier alpha value is -2.38. The minimum Gasteiger partial charge on any atom is -0.382 e. The standard InChI is InChI=1S/C27H32Cl2N6/c1-17-15-35(18(2)13-32-17)16-20-4-3-5-21(10-20)25-7-9-31-27(34-25)30-8-6-19-11-22-24(29)14-33-26(22)23(28)12-19/h3-5,7,9-12,17-18,24,32-33H,6,8,13-16H2,1-2H3,(H,30,31,34)/t17-,18-,24?/m0/s1. The zero-order valence-electron chi connectivity index (χ0n) is 20.2. The molecule has 1 saturated heterocycles. The maximum atomic E-state index is 6.44. The van der Waals surface area contributed by atoms with Gasteiger partial charge in [0.15, 0.2) is 0 Å². The molecule has 1 unspecified atom stereocenters. The van der Waals surface area contributed by atoms with Crippen LogP contribution in [0.25, 0.3) is 11.3 Å². The summed E-state index contributed by atoms with van der Waals surface area (Å²) in [6.07, 6.45) is 2.62. The van der Waals surface area contributed by atoms with Crippen molar-refractivity contribution >= 4 is 34.8 Å². The van der Waals surface area contributed by atoms with Gasteiger partial charge in [0.05, 0.1) is 21.8 Å². The van der Waals surface area contributed by atoms with Crippen molar-refractivity contribution in [1.82, 2.24) is 20.2 Å². The third kappa shape index (κ3) is 5.72. The summed E-state index contributed by atoms with van der Waals surface area (Å²) in [4.78, 5) is 11.7. The van der Waals surface area contributed by atoms with E-state index >= 15 is 0 Å². The Morgan fingerprint density at radius 3 is 2.89 bits per heavy atom. The molecule has 184 valence electrons. The molecule has 0 saturated carbocycles. The van der Waals surface area contributed by atoms with Crippen molar-refractivity contribution < 1.29 is 0 Å². The molecule has 1 aromatic heterocycles. The Kier molecular flexibility index (Phi) is 7.44. The molecule has 0 spiro atoms. The Balaban J connectivity index is 1.23. The van der Waals surface area contributed by atoms with Gasteiger partial charge in [0.2, 0.25) is 5.95 Å². The fourth-order valence-corrected chi connectivity index (χ4v) is 5.44. The number of hydrogen-bond donors (Lipinski definition) is 3. The van der Waals surface area contributed by atoms with Crippen LogP contribution in [0.1, 0.15) is 35.9 Å². The van der Waals surface area contributed by atoms with Gasteiger partial charge in [-0.1, -0.05) is 35.9 Å².